The van der Waals surface area contributed by atoms with Crippen LogP contribution in [-0.4, -0.2) is 32.8 Å². The van der Waals surface area contributed by atoms with Crippen LogP contribution < -0.4 is 5.43 Å². The maximum Gasteiger partial charge on any atom is 0.355 e. The molecule has 1 aromatic heterocycles. The zero-order chi connectivity index (χ0) is 11.4. The molecule has 0 aliphatic rings. The summed E-state index contributed by atoms with van der Waals surface area (Å²) in [5.41, 5.74) is 2.11. The fourth-order valence-electron chi connectivity index (χ4n) is 0.603. The second-order valence-corrected chi connectivity index (χ2v) is 3.32. The van der Waals surface area contributed by atoms with Crippen LogP contribution in [0.4, 0.5) is 5.13 Å². The molecule has 8 heteroatoms. The number of aromatic nitrogens is 1. The Hall–Kier alpha value is -1.96. The number of carboxylic acids is 2. The maximum atomic E-state index is 10.4. The average molecular weight is 229 g/mol. The van der Waals surface area contributed by atoms with Gasteiger partial charge in [0.2, 0.25) is 5.13 Å². The van der Waals surface area contributed by atoms with Crippen LogP contribution in [0.2, 0.25) is 0 Å². The largest absolute Gasteiger partial charge is 0.477 e. The number of carboxylic acid groups (broad SMARTS) is 2. The zero-order valence-corrected chi connectivity index (χ0v) is 8.41. The van der Waals surface area contributed by atoms with Crippen molar-refractivity contribution in [2.24, 2.45) is 5.10 Å². The molecule has 0 saturated carbocycles. The van der Waals surface area contributed by atoms with Crippen LogP contribution in [-0.2, 0) is 4.79 Å². The molecule has 0 atom stereocenters. The lowest BCUT2D eigenvalue weighted by Gasteiger charge is -1.94. The number of anilines is 1. The van der Waals surface area contributed by atoms with Crippen LogP contribution in [0, 0.1) is 0 Å². The molecule has 80 valence electrons. The number of hydrogen-bond acceptors (Lipinski definition) is 6. The van der Waals surface area contributed by atoms with Gasteiger partial charge in [-0.25, -0.2) is 14.6 Å². The first-order valence-electron chi connectivity index (χ1n) is 3.73. The van der Waals surface area contributed by atoms with Gasteiger partial charge in [-0.2, -0.15) is 5.10 Å². The van der Waals surface area contributed by atoms with Crippen LogP contribution in [0.3, 0.4) is 0 Å². The molecule has 0 bridgehead atoms. The van der Waals surface area contributed by atoms with Crippen LogP contribution in [0.15, 0.2) is 10.5 Å². The van der Waals surface area contributed by atoms with E-state index in [9.17, 15) is 9.59 Å². The minimum atomic E-state index is -1.16. The van der Waals surface area contributed by atoms with Crippen molar-refractivity contribution in [2.45, 2.75) is 6.92 Å². The minimum absolute atomic E-state index is 0.106. The van der Waals surface area contributed by atoms with E-state index in [0.717, 1.165) is 11.3 Å². The van der Waals surface area contributed by atoms with Crippen molar-refractivity contribution in [1.29, 1.82) is 0 Å². The van der Waals surface area contributed by atoms with E-state index in [1.807, 2.05) is 0 Å². The Kier molecular flexibility index (Phi) is 3.34. The summed E-state index contributed by atoms with van der Waals surface area (Å²) in [7, 11) is 0. The SMILES string of the molecule is C/C(=N\Nc1nc(C(=O)O)cs1)C(=O)O. The summed E-state index contributed by atoms with van der Waals surface area (Å²) in [6.45, 7) is 1.31. The minimum Gasteiger partial charge on any atom is -0.477 e. The Morgan fingerprint density at radius 3 is 2.67 bits per heavy atom. The van der Waals surface area contributed by atoms with Gasteiger partial charge in [0.25, 0.3) is 0 Å². The van der Waals surface area contributed by atoms with Crippen molar-refractivity contribution in [1.82, 2.24) is 4.98 Å². The molecule has 3 N–H and O–H groups in total. The standard InChI is InChI=1S/C7H7N3O4S/c1-3(5(11)12)9-10-7-8-4(2-15-7)6(13)14/h2H,1H3,(H,8,10)(H,11,12)(H,13,14)/b9-3+. The normalized spacial score (nSPS) is 11.1. The van der Waals surface area contributed by atoms with Crippen LogP contribution in [0.1, 0.15) is 17.4 Å². The summed E-state index contributed by atoms with van der Waals surface area (Å²) < 4.78 is 0. The zero-order valence-electron chi connectivity index (χ0n) is 7.59. The quantitative estimate of drug-likeness (QED) is 0.518. The van der Waals surface area contributed by atoms with Gasteiger partial charge in [-0.15, -0.1) is 11.3 Å². The molecule has 7 nitrogen and oxygen atoms in total. The maximum absolute atomic E-state index is 10.4. The first kappa shape index (κ1) is 11.1. The Balaban J connectivity index is 2.70. The molecule has 1 heterocycles. The monoisotopic (exact) mass is 229 g/mol. The van der Waals surface area contributed by atoms with Gasteiger partial charge in [0, 0.05) is 5.38 Å². The molecular formula is C7H7N3O4S. The van der Waals surface area contributed by atoms with Crippen LogP contribution >= 0.6 is 11.3 Å². The Morgan fingerprint density at radius 1 is 1.53 bits per heavy atom. The Labute approximate surface area is 88.1 Å². The summed E-state index contributed by atoms with van der Waals surface area (Å²) in [5.74, 6) is -2.30. The van der Waals surface area contributed by atoms with Crippen LogP contribution in [0.25, 0.3) is 0 Å². The van der Waals surface area contributed by atoms with Gasteiger partial charge in [-0.05, 0) is 6.92 Å². The second kappa shape index (κ2) is 4.51. The molecule has 0 aliphatic carbocycles. The fraction of sp³-hybridized carbons (Fsp3) is 0.143. The third kappa shape index (κ3) is 3.02. The third-order valence-corrected chi connectivity index (χ3v) is 2.10. The van der Waals surface area contributed by atoms with E-state index < -0.39 is 11.9 Å². The summed E-state index contributed by atoms with van der Waals surface area (Å²) in [6, 6.07) is 0. The molecule has 0 radical (unpaired) electrons. The highest BCUT2D eigenvalue weighted by atomic mass is 32.1. The van der Waals surface area contributed by atoms with E-state index >= 15 is 0 Å². The Bertz CT molecular complexity index is 426. The van der Waals surface area contributed by atoms with Crippen molar-refractivity contribution in [3.8, 4) is 0 Å². The van der Waals surface area contributed by atoms with Crippen molar-refractivity contribution < 1.29 is 19.8 Å². The highest BCUT2D eigenvalue weighted by Crippen LogP contribution is 2.14. The predicted octanol–water partition coefficient (Wildman–Crippen LogP) is 0.714. The number of nitrogens with zero attached hydrogens (tertiary/aromatic N) is 2. The molecule has 1 aromatic rings. The molecule has 0 amide bonds. The van der Waals surface area contributed by atoms with Crippen LogP contribution in [0.5, 0.6) is 0 Å². The molecule has 15 heavy (non-hydrogen) atoms. The molecule has 0 fully saturated rings. The third-order valence-electron chi connectivity index (χ3n) is 1.35. The number of rotatable bonds is 4. The molecule has 0 aromatic carbocycles. The summed E-state index contributed by atoms with van der Waals surface area (Å²) in [4.78, 5) is 24.4. The van der Waals surface area contributed by atoms with Gasteiger partial charge in [0.1, 0.15) is 5.71 Å². The fourth-order valence-corrected chi connectivity index (χ4v) is 1.23. The summed E-state index contributed by atoms with van der Waals surface area (Å²) >= 11 is 1.03. The van der Waals surface area contributed by atoms with Crippen molar-refractivity contribution in [3.63, 3.8) is 0 Å². The number of hydrazone groups is 1. The number of carbonyl (C=O) groups is 2. The van der Waals surface area contributed by atoms with Crippen molar-refractivity contribution in [2.75, 3.05) is 5.43 Å². The number of aliphatic carboxylic acids is 1. The lowest BCUT2D eigenvalue weighted by atomic mass is 10.4. The Morgan fingerprint density at radius 2 is 2.20 bits per heavy atom. The first-order valence-corrected chi connectivity index (χ1v) is 4.61. The molecule has 1 rings (SSSR count). The van der Waals surface area contributed by atoms with Gasteiger partial charge in [0.05, 0.1) is 0 Å². The molecular weight excluding hydrogens is 222 g/mol. The van der Waals surface area contributed by atoms with E-state index in [4.69, 9.17) is 10.2 Å². The van der Waals surface area contributed by atoms with Gasteiger partial charge < -0.3 is 10.2 Å². The van der Waals surface area contributed by atoms with Gasteiger partial charge in [-0.1, -0.05) is 0 Å². The molecule has 0 unspecified atom stereocenters. The highest BCUT2D eigenvalue weighted by Gasteiger charge is 2.08. The average Bonchev–Trinajstić information content (AvgIpc) is 2.62. The molecule has 0 saturated heterocycles. The van der Waals surface area contributed by atoms with Gasteiger partial charge in [0.15, 0.2) is 5.69 Å². The smallest absolute Gasteiger partial charge is 0.355 e. The predicted molar refractivity (Wildman–Crippen MR) is 53.4 cm³/mol. The second-order valence-electron chi connectivity index (χ2n) is 2.46. The number of aromatic carboxylic acids is 1. The van der Waals surface area contributed by atoms with Gasteiger partial charge in [-0.3, -0.25) is 5.43 Å². The first-order chi connectivity index (χ1) is 7.00. The number of thiazole rings is 1. The lowest BCUT2D eigenvalue weighted by Crippen LogP contribution is -2.10. The molecule has 0 aliphatic heterocycles. The summed E-state index contributed by atoms with van der Waals surface area (Å²) in [5, 5.41) is 22.1. The lowest BCUT2D eigenvalue weighted by molar-refractivity contribution is -0.129. The van der Waals surface area contributed by atoms with E-state index in [2.05, 4.69) is 15.5 Å². The topological polar surface area (TPSA) is 112 Å². The number of nitrogens with one attached hydrogen (secondary N) is 1. The molecule has 0 spiro atoms. The number of hydrogen-bond donors (Lipinski definition) is 3. The van der Waals surface area contributed by atoms with E-state index in [0.29, 0.717) is 0 Å². The van der Waals surface area contributed by atoms with Gasteiger partial charge >= 0.3 is 11.9 Å². The van der Waals surface area contributed by atoms with E-state index in [1.54, 1.807) is 0 Å². The van der Waals surface area contributed by atoms with Crippen molar-refractivity contribution in [3.05, 3.63) is 11.1 Å². The van der Waals surface area contributed by atoms with E-state index in [1.165, 1.54) is 12.3 Å². The van der Waals surface area contributed by atoms with Crippen molar-refractivity contribution >= 4 is 34.1 Å². The summed E-state index contributed by atoms with van der Waals surface area (Å²) in [6.07, 6.45) is 0. The highest BCUT2D eigenvalue weighted by molar-refractivity contribution is 7.13. The van der Waals surface area contributed by atoms with E-state index in [-0.39, 0.29) is 16.5 Å².